The molecule has 0 amide bonds. The van der Waals surface area contributed by atoms with Crippen LogP contribution >= 0.6 is 15.9 Å². The van der Waals surface area contributed by atoms with Gasteiger partial charge in [-0.1, -0.05) is 20.8 Å². The fourth-order valence-electron chi connectivity index (χ4n) is 1.61. The largest absolute Gasteiger partial charge is 0.409 e. The Hall–Kier alpha value is -0.723. The molecule has 2 rings (SSSR count). The maximum atomic E-state index is 6.19. The van der Waals surface area contributed by atoms with Crippen molar-refractivity contribution in [1.82, 2.24) is 4.98 Å². The molecule has 0 saturated heterocycles. The maximum Gasteiger partial charge on any atom is 0.192 e. The van der Waals surface area contributed by atoms with E-state index in [9.17, 15) is 0 Å². The molecule has 110 valence electrons. The Labute approximate surface area is 130 Å². The van der Waals surface area contributed by atoms with E-state index in [1.54, 1.807) is 6.20 Å². The van der Waals surface area contributed by atoms with Gasteiger partial charge in [0.2, 0.25) is 0 Å². The van der Waals surface area contributed by atoms with Gasteiger partial charge in [0, 0.05) is 10.7 Å². The Balaban J connectivity index is 2.02. The molecule has 6 heteroatoms. The monoisotopic (exact) mass is 355 g/mol. The number of halogens is 1. The predicted octanol–water partition coefficient (Wildman–Crippen LogP) is 4.19. The van der Waals surface area contributed by atoms with E-state index in [2.05, 4.69) is 65.1 Å². The van der Waals surface area contributed by atoms with Gasteiger partial charge >= 0.3 is 0 Å². The van der Waals surface area contributed by atoms with E-state index in [0.29, 0.717) is 13.2 Å². The molecule has 1 aliphatic heterocycles. The molecule has 1 aromatic rings. The minimum absolute atomic E-state index is 0.213. The van der Waals surface area contributed by atoms with Crippen LogP contribution in [0.3, 0.4) is 0 Å². The molecule has 0 bridgehead atoms. The van der Waals surface area contributed by atoms with E-state index in [-0.39, 0.29) is 5.04 Å². The minimum Gasteiger partial charge on any atom is -0.409 e. The van der Waals surface area contributed by atoms with Gasteiger partial charge in [-0.05, 0) is 40.1 Å². The van der Waals surface area contributed by atoms with Crippen LogP contribution in [-0.4, -0.2) is 25.7 Å². The lowest BCUT2D eigenvalue weighted by atomic mass is 10.2. The third-order valence-corrected chi connectivity index (χ3v) is 8.92. The number of rotatable bonds is 3. The molecule has 0 radical (unpaired) electrons. The summed E-state index contributed by atoms with van der Waals surface area (Å²) < 4.78 is 7.16. The molecule has 4 nitrogen and oxygen atoms in total. The number of pyridine rings is 1. The lowest BCUT2D eigenvalue weighted by molar-refractivity contribution is 0.339. The molecule has 1 aliphatic rings. The van der Waals surface area contributed by atoms with Gasteiger partial charge in [0.25, 0.3) is 0 Å². The third kappa shape index (κ3) is 3.48. The van der Waals surface area contributed by atoms with E-state index in [1.807, 2.05) is 6.07 Å². The number of amidine groups is 1. The van der Waals surface area contributed by atoms with Crippen LogP contribution in [0.1, 0.15) is 26.5 Å². The Morgan fingerprint density at radius 1 is 1.40 bits per heavy atom. The van der Waals surface area contributed by atoms with Crippen molar-refractivity contribution >= 4 is 35.8 Å². The number of aliphatic imine (C=N–C) groups is 1. The van der Waals surface area contributed by atoms with Crippen molar-refractivity contribution in [2.75, 3.05) is 11.9 Å². The van der Waals surface area contributed by atoms with Crippen molar-refractivity contribution in [3.63, 3.8) is 0 Å². The molecule has 1 N–H and O–H groups in total. The van der Waals surface area contributed by atoms with E-state index in [1.165, 1.54) is 0 Å². The van der Waals surface area contributed by atoms with Crippen molar-refractivity contribution in [2.24, 2.45) is 4.99 Å². The van der Waals surface area contributed by atoms with Gasteiger partial charge < -0.3 is 9.74 Å². The van der Waals surface area contributed by atoms with Gasteiger partial charge in [-0.15, -0.1) is 0 Å². The summed E-state index contributed by atoms with van der Waals surface area (Å²) in [5.74, 6) is 0.891. The summed E-state index contributed by atoms with van der Waals surface area (Å²) in [6.07, 6.45) is 1.80. The highest BCUT2D eigenvalue weighted by molar-refractivity contribution is 9.10. The Morgan fingerprint density at radius 2 is 2.10 bits per heavy atom. The van der Waals surface area contributed by atoms with Gasteiger partial charge in [0.15, 0.2) is 8.32 Å². The van der Waals surface area contributed by atoms with E-state index in [4.69, 9.17) is 4.43 Å². The van der Waals surface area contributed by atoms with Crippen molar-refractivity contribution in [3.8, 4) is 0 Å². The Morgan fingerprint density at radius 3 is 2.75 bits per heavy atom. The normalized spacial score (nSPS) is 15.4. The number of anilines is 1. The van der Waals surface area contributed by atoms with Crippen LogP contribution in [-0.2, 0) is 11.0 Å². The van der Waals surface area contributed by atoms with Crippen LogP contribution in [0.15, 0.2) is 21.7 Å². The number of fused-ring (bicyclic) bond motifs is 1. The average molecular weight is 356 g/mol. The molecule has 0 spiro atoms. The fraction of sp³-hybridized carbons (Fsp3) is 0.571. The van der Waals surface area contributed by atoms with Gasteiger partial charge in [-0.25, -0.2) is 0 Å². The number of nitrogens with zero attached hydrogens (tertiary/aromatic N) is 2. The smallest absolute Gasteiger partial charge is 0.192 e. The molecule has 0 saturated carbocycles. The van der Waals surface area contributed by atoms with Crippen LogP contribution in [0.4, 0.5) is 5.69 Å². The highest BCUT2D eigenvalue weighted by Gasteiger charge is 2.37. The second kappa shape index (κ2) is 5.58. The molecule has 20 heavy (non-hydrogen) atoms. The summed E-state index contributed by atoms with van der Waals surface area (Å²) in [7, 11) is -1.74. The van der Waals surface area contributed by atoms with E-state index >= 15 is 0 Å². The zero-order valence-corrected chi connectivity index (χ0v) is 15.3. The predicted molar refractivity (Wildman–Crippen MR) is 89.8 cm³/mol. The first-order valence-electron chi connectivity index (χ1n) is 6.78. The maximum absolute atomic E-state index is 6.19. The Bertz CT molecular complexity index is 538. The zero-order chi connectivity index (χ0) is 15.0. The second-order valence-electron chi connectivity index (χ2n) is 6.58. The minimum atomic E-state index is -1.74. The van der Waals surface area contributed by atoms with E-state index < -0.39 is 8.32 Å². The van der Waals surface area contributed by atoms with Crippen LogP contribution in [0.5, 0.6) is 0 Å². The first-order chi connectivity index (χ1) is 9.19. The Kier molecular flexibility index (Phi) is 4.37. The summed E-state index contributed by atoms with van der Waals surface area (Å²) >= 11 is 3.44. The summed E-state index contributed by atoms with van der Waals surface area (Å²) in [4.78, 5) is 8.86. The molecular weight excluding hydrogens is 334 g/mol. The summed E-state index contributed by atoms with van der Waals surface area (Å²) in [5, 5.41) is 3.53. The molecule has 2 heterocycles. The molecule has 0 fully saturated rings. The number of nitrogens with one attached hydrogen (secondary N) is 1. The standard InChI is InChI=1S/C14H22BrN3OSi/c1-14(2,3)20(4,5)19-9-13-17-8-12-11(18-13)6-10(15)7-16-12/h6-7H,8-9H2,1-5H3,(H,17,18). The first kappa shape index (κ1) is 15.7. The molecule has 0 atom stereocenters. The van der Waals surface area contributed by atoms with Gasteiger partial charge in [0.1, 0.15) is 5.84 Å². The third-order valence-electron chi connectivity index (χ3n) is 4.01. The first-order valence-corrected chi connectivity index (χ1v) is 10.5. The van der Waals surface area contributed by atoms with E-state index in [0.717, 1.165) is 21.7 Å². The SMILES string of the molecule is CC(C)(C)[Si](C)(C)OCC1=NCc2ncc(Br)cc2N1. The summed E-state index contributed by atoms with van der Waals surface area (Å²) in [5.41, 5.74) is 1.99. The van der Waals surface area contributed by atoms with Crippen LogP contribution in [0.2, 0.25) is 18.1 Å². The van der Waals surface area contributed by atoms with Gasteiger partial charge in [-0.2, -0.15) is 0 Å². The lowest BCUT2D eigenvalue weighted by Crippen LogP contribution is -2.43. The highest BCUT2D eigenvalue weighted by atomic mass is 79.9. The van der Waals surface area contributed by atoms with Gasteiger partial charge in [-0.3, -0.25) is 9.98 Å². The van der Waals surface area contributed by atoms with Crippen molar-refractivity contribution in [3.05, 3.63) is 22.4 Å². The van der Waals surface area contributed by atoms with Crippen LogP contribution in [0, 0.1) is 0 Å². The summed E-state index contributed by atoms with van der Waals surface area (Å²) in [6.45, 7) is 12.4. The van der Waals surface area contributed by atoms with Crippen molar-refractivity contribution in [2.45, 2.75) is 45.4 Å². The topological polar surface area (TPSA) is 46.5 Å². The number of aromatic nitrogens is 1. The molecule has 1 aromatic heterocycles. The zero-order valence-electron chi connectivity index (χ0n) is 12.7. The lowest BCUT2D eigenvalue weighted by Gasteiger charge is -2.36. The summed E-state index contributed by atoms with van der Waals surface area (Å²) in [6, 6.07) is 2.03. The molecule has 0 aliphatic carbocycles. The highest BCUT2D eigenvalue weighted by Crippen LogP contribution is 2.36. The second-order valence-corrected chi connectivity index (χ2v) is 12.3. The van der Waals surface area contributed by atoms with Crippen molar-refractivity contribution in [1.29, 1.82) is 0 Å². The molecular formula is C14H22BrN3OSi. The average Bonchev–Trinajstić information content (AvgIpc) is 2.34. The van der Waals surface area contributed by atoms with Gasteiger partial charge in [0.05, 0.1) is 24.5 Å². The quantitative estimate of drug-likeness (QED) is 0.826. The number of hydrogen-bond acceptors (Lipinski definition) is 4. The van der Waals surface area contributed by atoms with Crippen LogP contribution in [0.25, 0.3) is 0 Å². The fourth-order valence-corrected chi connectivity index (χ4v) is 2.88. The van der Waals surface area contributed by atoms with Crippen molar-refractivity contribution < 1.29 is 4.43 Å². The molecule has 0 unspecified atom stereocenters. The van der Waals surface area contributed by atoms with Crippen LogP contribution < -0.4 is 5.32 Å². The molecule has 0 aromatic carbocycles. The number of hydrogen-bond donors (Lipinski definition) is 1.